The van der Waals surface area contributed by atoms with Gasteiger partial charge in [0.15, 0.2) is 0 Å². The Morgan fingerprint density at radius 3 is 2.76 bits per heavy atom. The number of ether oxygens (including phenoxy) is 2. The molecule has 0 aliphatic carbocycles. The maximum absolute atomic E-state index is 13.4. The molecule has 0 aromatic heterocycles. The molecule has 2 rings (SSSR count). The minimum atomic E-state index is -1.11. The fraction of sp³-hybridized carbons (Fsp3) is 0.133. The lowest BCUT2D eigenvalue weighted by molar-refractivity contribution is 0.0691. The van der Waals surface area contributed by atoms with E-state index in [1.54, 1.807) is 12.1 Å². The lowest BCUT2D eigenvalue weighted by Gasteiger charge is -2.12. The summed E-state index contributed by atoms with van der Waals surface area (Å²) >= 11 is 3.13. The van der Waals surface area contributed by atoms with Crippen molar-refractivity contribution in [1.82, 2.24) is 0 Å². The molecule has 1 N–H and O–H groups in total. The fourth-order valence-electron chi connectivity index (χ4n) is 1.74. The second kappa shape index (κ2) is 6.58. The summed E-state index contributed by atoms with van der Waals surface area (Å²) in [6.07, 6.45) is 0. The van der Waals surface area contributed by atoms with E-state index in [1.165, 1.54) is 31.4 Å². The van der Waals surface area contributed by atoms with E-state index in [0.717, 1.165) is 0 Å². The van der Waals surface area contributed by atoms with Crippen LogP contribution in [0.1, 0.15) is 15.9 Å². The second-order valence-corrected chi connectivity index (χ2v) is 4.96. The van der Waals surface area contributed by atoms with E-state index in [0.29, 0.717) is 15.8 Å². The Labute approximate surface area is 129 Å². The number of hydrogen-bond acceptors (Lipinski definition) is 3. The van der Waals surface area contributed by atoms with Crippen molar-refractivity contribution in [2.45, 2.75) is 6.61 Å². The van der Waals surface area contributed by atoms with Crippen LogP contribution in [0, 0.1) is 5.82 Å². The zero-order valence-corrected chi connectivity index (χ0v) is 12.7. The molecule has 0 saturated carbocycles. The molecule has 0 fully saturated rings. The molecule has 21 heavy (non-hydrogen) atoms. The zero-order valence-electron chi connectivity index (χ0n) is 11.1. The third-order valence-corrected chi connectivity index (χ3v) is 3.72. The van der Waals surface area contributed by atoms with E-state index in [2.05, 4.69) is 15.9 Å². The first kappa shape index (κ1) is 15.3. The Balaban J connectivity index is 2.26. The van der Waals surface area contributed by atoms with Gasteiger partial charge in [-0.1, -0.05) is 12.1 Å². The van der Waals surface area contributed by atoms with Crippen LogP contribution in [0.25, 0.3) is 0 Å². The van der Waals surface area contributed by atoms with E-state index in [9.17, 15) is 9.18 Å². The number of benzene rings is 2. The number of carboxylic acids is 1. The SMILES string of the molecule is COc1ccc(C(=O)O)c(OCc2cccc(F)c2Br)c1. The van der Waals surface area contributed by atoms with Crippen LogP contribution in [0.4, 0.5) is 4.39 Å². The molecule has 0 aliphatic heterocycles. The van der Waals surface area contributed by atoms with Gasteiger partial charge >= 0.3 is 5.97 Å². The Morgan fingerprint density at radius 2 is 2.10 bits per heavy atom. The molecule has 2 aromatic rings. The van der Waals surface area contributed by atoms with Gasteiger partial charge in [-0.25, -0.2) is 9.18 Å². The van der Waals surface area contributed by atoms with Crippen LogP contribution in [0.3, 0.4) is 0 Å². The normalized spacial score (nSPS) is 10.2. The predicted molar refractivity (Wildman–Crippen MR) is 78.4 cm³/mol. The van der Waals surface area contributed by atoms with Gasteiger partial charge in [0.1, 0.15) is 29.5 Å². The monoisotopic (exact) mass is 354 g/mol. The summed E-state index contributed by atoms with van der Waals surface area (Å²) in [6, 6.07) is 8.99. The van der Waals surface area contributed by atoms with Crippen molar-refractivity contribution >= 4 is 21.9 Å². The summed E-state index contributed by atoms with van der Waals surface area (Å²) in [5.41, 5.74) is 0.595. The standard InChI is InChI=1S/C15H12BrFO4/c1-20-10-5-6-11(15(18)19)13(7-10)21-8-9-3-2-4-12(17)14(9)16/h2-7H,8H2,1H3,(H,18,19). The van der Waals surface area contributed by atoms with Gasteiger partial charge < -0.3 is 14.6 Å². The molecule has 110 valence electrons. The van der Waals surface area contributed by atoms with E-state index >= 15 is 0 Å². The number of carbonyl (C=O) groups is 1. The molecule has 0 atom stereocenters. The molecule has 2 aromatic carbocycles. The van der Waals surface area contributed by atoms with Gasteiger partial charge in [0, 0.05) is 11.6 Å². The van der Waals surface area contributed by atoms with Gasteiger partial charge in [-0.2, -0.15) is 0 Å². The van der Waals surface area contributed by atoms with Gasteiger partial charge in [0.25, 0.3) is 0 Å². The average Bonchev–Trinajstić information content (AvgIpc) is 2.48. The molecule has 0 spiro atoms. The molecule has 6 heteroatoms. The summed E-state index contributed by atoms with van der Waals surface area (Å²) in [5, 5.41) is 9.14. The van der Waals surface area contributed by atoms with E-state index in [1.807, 2.05) is 0 Å². The van der Waals surface area contributed by atoms with Crippen LogP contribution in [-0.4, -0.2) is 18.2 Å². The van der Waals surface area contributed by atoms with Gasteiger partial charge in [-0.3, -0.25) is 0 Å². The third kappa shape index (κ3) is 3.52. The number of carboxylic acid groups (broad SMARTS) is 1. The van der Waals surface area contributed by atoms with E-state index in [4.69, 9.17) is 14.6 Å². The van der Waals surface area contributed by atoms with Crippen LogP contribution < -0.4 is 9.47 Å². The van der Waals surface area contributed by atoms with E-state index in [-0.39, 0.29) is 17.9 Å². The zero-order chi connectivity index (χ0) is 15.4. The molecule has 0 amide bonds. The molecule has 0 unspecified atom stereocenters. The molecule has 0 saturated heterocycles. The number of aromatic carboxylic acids is 1. The largest absolute Gasteiger partial charge is 0.497 e. The van der Waals surface area contributed by atoms with Crippen molar-refractivity contribution < 1.29 is 23.8 Å². The molecule has 0 bridgehead atoms. The second-order valence-electron chi connectivity index (χ2n) is 4.17. The maximum atomic E-state index is 13.4. The van der Waals surface area contributed by atoms with Gasteiger partial charge in [-0.05, 0) is 34.1 Å². The van der Waals surface area contributed by atoms with Crippen LogP contribution in [0.2, 0.25) is 0 Å². The Hall–Kier alpha value is -2.08. The van der Waals surface area contributed by atoms with Crippen molar-refractivity contribution in [2.24, 2.45) is 0 Å². The molecule has 4 nitrogen and oxygen atoms in total. The molecular weight excluding hydrogens is 343 g/mol. The molecule has 0 heterocycles. The molecular formula is C15H12BrFO4. The Kier molecular flexibility index (Phi) is 4.80. The summed E-state index contributed by atoms with van der Waals surface area (Å²) in [6.45, 7) is 0.0335. The first-order valence-electron chi connectivity index (χ1n) is 6.00. The summed E-state index contributed by atoms with van der Waals surface area (Å²) in [5.74, 6) is -0.863. The Morgan fingerprint density at radius 1 is 1.33 bits per heavy atom. The van der Waals surface area contributed by atoms with Crippen molar-refractivity contribution in [1.29, 1.82) is 0 Å². The molecule has 0 aliphatic rings. The van der Waals surface area contributed by atoms with Crippen LogP contribution >= 0.6 is 15.9 Å². The lowest BCUT2D eigenvalue weighted by Crippen LogP contribution is -2.04. The minimum absolute atomic E-state index is 0.0170. The summed E-state index contributed by atoms with van der Waals surface area (Å²) in [4.78, 5) is 11.2. The highest BCUT2D eigenvalue weighted by Gasteiger charge is 2.14. The highest BCUT2D eigenvalue weighted by molar-refractivity contribution is 9.10. The highest BCUT2D eigenvalue weighted by Crippen LogP contribution is 2.27. The number of rotatable bonds is 5. The summed E-state index contributed by atoms with van der Waals surface area (Å²) < 4.78 is 24.3. The maximum Gasteiger partial charge on any atom is 0.339 e. The fourth-order valence-corrected chi connectivity index (χ4v) is 2.12. The number of halogens is 2. The quantitative estimate of drug-likeness (QED) is 0.885. The van der Waals surface area contributed by atoms with Crippen molar-refractivity contribution in [3.63, 3.8) is 0 Å². The van der Waals surface area contributed by atoms with Gasteiger partial charge in [0.2, 0.25) is 0 Å². The van der Waals surface area contributed by atoms with Crippen molar-refractivity contribution in [3.05, 3.63) is 57.8 Å². The van der Waals surface area contributed by atoms with Crippen molar-refractivity contribution in [3.8, 4) is 11.5 Å². The topological polar surface area (TPSA) is 55.8 Å². The third-order valence-electron chi connectivity index (χ3n) is 2.83. The lowest BCUT2D eigenvalue weighted by atomic mass is 10.2. The first-order valence-corrected chi connectivity index (χ1v) is 6.79. The van der Waals surface area contributed by atoms with Crippen molar-refractivity contribution in [2.75, 3.05) is 7.11 Å². The Bertz CT molecular complexity index is 673. The number of hydrogen-bond donors (Lipinski definition) is 1. The van der Waals surface area contributed by atoms with Gasteiger partial charge in [0.05, 0.1) is 11.6 Å². The predicted octanol–water partition coefficient (Wildman–Crippen LogP) is 3.87. The number of methoxy groups -OCH3 is 1. The van der Waals surface area contributed by atoms with Crippen LogP contribution in [-0.2, 0) is 6.61 Å². The first-order chi connectivity index (χ1) is 10.0. The van der Waals surface area contributed by atoms with Crippen LogP contribution in [0.5, 0.6) is 11.5 Å². The minimum Gasteiger partial charge on any atom is -0.497 e. The van der Waals surface area contributed by atoms with E-state index < -0.39 is 11.8 Å². The summed E-state index contributed by atoms with van der Waals surface area (Å²) in [7, 11) is 1.47. The smallest absolute Gasteiger partial charge is 0.339 e. The van der Waals surface area contributed by atoms with Gasteiger partial charge in [-0.15, -0.1) is 0 Å². The molecule has 0 radical (unpaired) electrons. The average molecular weight is 355 g/mol. The van der Waals surface area contributed by atoms with Crippen LogP contribution in [0.15, 0.2) is 40.9 Å². The highest BCUT2D eigenvalue weighted by atomic mass is 79.9.